The van der Waals surface area contributed by atoms with E-state index >= 15 is 0 Å². The van der Waals surface area contributed by atoms with E-state index < -0.39 is 10.0 Å². The second kappa shape index (κ2) is 8.18. The van der Waals surface area contributed by atoms with E-state index in [4.69, 9.17) is 16.3 Å². The van der Waals surface area contributed by atoms with Crippen LogP contribution in [0.5, 0.6) is 5.75 Å². The number of carbonyl (C=O) groups excluding carboxylic acids is 1. The zero-order chi connectivity index (χ0) is 17.7. The molecule has 0 bridgehead atoms. The van der Waals surface area contributed by atoms with Crippen LogP contribution in [0.2, 0.25) is 5.02 Å². The molecule has 0 saturated carbocycles. The average molecular weight is 375 g/mol. The van der Waals surface area contributed by atoms with Crippen molar-refractivity contribution in [2.45, 2.75) is 31.1 Å². The quantitative estimate of drug-likeness (QED) is 0.793. The summed E-state index contributed by atoms with van der Waals surface area (Å²) in [5, 5.41) is 0.258. The van der Waals surface area contributed by atoms with Crippen LogP contribution in [0.3, 0.4) is 0 Å². The Morgan fingerprint density at radius 1 is 1.25 bits per heavy atom. The van der Waals surface area contributed by atoms with Gasteiger partial charge in [0.25, 0.3) is 0 Å². The molecule has 6 nitrogen and oxygen atoms in total. The fourth-order valence-corrected chi connectivity index (χ4v) is 4.53. The number of amides is 1. The number of rotatable bonds is 5. The summed E-state index contributed by atoms with van der Waals surface area (Å²) in [6.07, 6.45) is 1.92. The highest BCUT2D eigenvalue weighted by atomic mass is 35.5. The average Bonchev–Trinajstić information content (AvgIpc) is 2.81. The SMILES string of the molecule is CCCC(=O)N1CCCN(S(=O)(=O)c2ccc(OC)c(Cl)c2)CC1. The van der Waals surface area contributed by atoms with Crippen molar-refractivity contribution in [2.75, 3.05) is 33.3 Å². The summed E-state index contributed by atoms with van der Waals surface area (Å²) in [6.45, 7) is 3.65. The number of sulfonamides is 1. The largest absolute Gasteiger partial charge is 0.495 e. The van der Waals surface area contributed by atoms with Crippen molar-refractivity contribution in [3.8, 4) is 5.75 Å². The highest BCUT2D eigenvalue weighted by molar-refractivity contribution is 7.89. The summed E-state index contributed by atoms with van der Waals surface area (Å²) in [5.74, 6) is 0.520. The molecule has 1 aliphatic heterocycles. The van der Waals surface area contributed by atoms with Crippen LogP contribution in [-0.4, -0.2) is 56.8 Å². The van der Waals surface area contributed by atoms with Gasteiger partial charge in [-0.3, -0.25) is 4.79 Å². The van der Waals surface area contributed by atoms with E-state index in [1.54, 1.807) is 11.0 Å². The van der Waals surface area contributed by atoms with Crippen molar-refractivity contribution in [2.24, 2.45) is 0 Å². The molecule has 1 fully saturated rings. The van der Waals surface area contributed by atoms with Crippen LogP contribution in [0.1, 0.15) is 26.2 Å². The highest BCUT2D eigenvalue weighted by Crippen LogP contribution is 2.28. The van der Waals surface area contributed by atoms with Crippen LogP contribution in [0, 0.1) is 0 Å². The lowest BCUT2D eigenvalue weighted by atomic mass is 10.3. The third kappa shape index (κ3) is 4.20. The molecule has 0 atom stereocenters. The highest BCUT2D eigenvalue weighted by Gasteiger charge is 2.28. The van der Waals surface area contributed by atoms with Gasteiger partial charge >= 0.3 is 0 Å². The number of halogens is 1. The first-order valence-corrected chi connectivity index (χ1v) is 9.83. The Morgan fingerprint density at radius 3 is 2.62 bits per heavy atom. The number of carbonyl (C=O) groups is 1. The minimum Gasteiger partial charge on any atom is -0.495 e. The van der Waals surface area contributed by atoms with E-state index in [1.807, 2.05) is 6.92 Å². The molecule has 1 aromatic carbocycles. The number of ether oxygens (including phenoxy) is 1. The molecule has 0 radical (unpaired) electrons. The minimum absolute atomic E-state index is 0.0873. The van der Waals surface area contributed by atoms with E-state index in [0.717, 1.165) is 6.42 Å². The van der Waals surface area contributed by atoms with Crippen LogP contribution < -0.4 is 4.74 Å². The molecule has 0 N–H and O–H groups in total. The van der Waals surface area contributed by atoms with Gasteiger partial charge in [-0.05, 0) is 31.0 Å². The number of nitrogens with zero attached hydrogens (tertiary/aromatic N) is 2. The molecule has 134 valence electrons. The summed E-state index contributed by atoms with van der Waals surface area (Å²) in [7, 11) is -2.16. The molecule has 1 saturated heterocycles. The summed E-state index contributed by atoms with van der Waals surface area (Å²) >= 11 is 6.05. The lowest BCUT2D eigenvalue weighted by Crippen LogP contribution is -2.37. The first-order valence-electron chi connectivity index (χ1n) is 8.01. The number of hydrogen-bond acceptors (Lipinski definition) is 4. The van der Waals surface area contributed by atoms with Gasteiger partial charge in [0, 0.05) is 32.6 Å². The number of hydrogen-bond donors (Lipinski definition) is 0. The Kier molecular flexibility index (Phi) is 6.48. The van der Waals surface area contributed by atoms with Crippen molar-refractivity contribution in [1.82, 2.24) is 9.21 Å². The maximum Gasteiger partial charge on any atom is 0.243 e. The van der Waals surface area contributed by atoms with Crippen molar-refractivity contribution in [1.29, 1.82) is 0 Å². The molecular weight excluding hydrogens is 352 g/mol. The number of methoxy groups -OCH3 is 1. The molecule has 1 heterocycles. The van der Waals surface area contributed by atoms with Crippen molar-refractivity contribution >= 4 is 27.5 Å². The Balaban J connectivity index is 2.15. The first kappa shape index (κ1) is 19.0. The molecule has 1 aliphatic rings. The topological polar surface area (TPSA) is 66.9 Å². The van der Waals surface area contributed by atoms with E-state index in [9.17, 15) is 13.2 Å². The van der Waals surface area contributed by atoms with Gasteiger partial charge in [0.05, 0.1) is 17.0 Å². The molecule has 24 heavy (non-hydrogen) atoms. The van der Waals surface area contributed by atoms with E-state index in [1.165, 1.54) is 23.5 Å². The fourth-order valence-electron chi connectivity index (χ4n) is 2.71. The predicted octanol–water partition coefficient (Wildman–Crippen LogP) is 2.37. The van der Waals surface area contributed by atoms with Gasteiger partial charge in [-0.1, -0.05) is 18.5 Å². The Bertz CT molecular complexity index is 693. The third-order valence-corrected chi connectivity index (χ3v) is 6.22. The zero-order valence-corrected chi connectivity index (χ0v) is 15.6. The maximum absolute atomic E-state index is 12.8. The number of benzene rings is 1. The smallest absolute Gasteiger partial charge is 0.243 e. The summed E-state index contributed by atoms with van der Waals surface area (Å²) in [4.78, 5) is 13.9. The lowest BCUT2D eigenvalue weighted by molar-refractivity contribution is -0.131. The molecule has 0 aliphatic carbocycles. The van der Waals surface area contributed by atoms with Crippen molar-refractivity contribution < 1.29 is 17.9 Å². The molecule has 2 rings (SSSR count). The van der Waals surface area contributed by atoms with Crippen LogP contribution >= 0.6 is 11.6 Å². The summed E-state index contributed by atoms with van der Waals surface area (Å²) in [6, 6.07) is 4.44. The van der Waals surface area contributed by atoms with Gasteiger partial charge in [-0.25, -0.2) is 8.42 Å². The van der Waals surface area contributed by atoms with Gasteiger partial charge in [0.1, 0.15) is 5.75 Å². The Morgan fingerprint density at radius 2 is 2.00 bits per heavy atom. The molecule has 1 amide bonds. The summed E-state index contributed by atoms with van der Waals surface area (Å²) < 4.78 is 32.1. The van der Waals surface area contributed by atoms with E-state index in [2.05, 4.69) is 0 Å². The normalized spacial score (nSPS) is 16.7. The third-order valence-electron chi connectivity index (χ3n) is 4.03. The van der Waals surface area contributed by atoms with E-state index in [-0.39, 0.29) is 15.8 Å². The first-order chi connectivity index (χ1) is 11.4. The van der Waals surface area contributed by atoms with Crippen LogP contribution in [0.4, 0.5) is 0 Å². The molecule has 0 unspecified atom stereocenters. The second-order valence-corrected chi connectivity index (χ2v) is 8.03. The predicted molar refractivity (Wildman–Crippen MR) is 92.9 cm³/mol. The zero-order valence-electron chi connectivity index (χ0n) is 14.0. The van der Waals surface area contributed by atoms with Gasteiger partial charge < -0.3 is 9.64 Å². The molecule has 1 aromatic rings. The lowest BCUT2D eigenvalue weighted by Gasteiger charge is -2.22. The van der Waals surface area contributed by atoms with Crippen LogP contribution in [-0.2, 0) is 14.8 Å². The monoisotopic (exact) mass is 374 g/mol. The second-order valence-electron chi connectivity index (χ2n) is 5.68. The Labute approximate surface area is 148 Å². The van der Waals surface area contributed by atoms with Gasteiger partial charge in [-0.2, -0.15) is 4.31 Å². The minimum atomic E-state index is -3.64. The van der Waals surface area contributed by atoms with Crippen molar-refractivity contribution in [3.63, 3.8) is 0 Å². The molecular formula is C16H23ClN2O4S. The van der Waals surface area contributed by atoms with Crippen LogP contribution in [0.15, 0.2) is 23.1 Å². The Hall–Kier alpha value is -1.31. The van der Waals surface area contributed by atoms with Crippen molar-refractivity contribution in [3.05, 3.63) is 23.2 Å². The molecule has 8 heteroatoms. The van der Waals surface area contributed by atoms with Gasteiger partial charge in [0.2, 0.25) is 15.9 Å². The standard InChI is InChI=1S/C16H23ClN2O4S/c1-3-5-16(20)18-8-4-9-19(11-10-18)24(21,22)13-6-7-15(23-2)14(17)12-13/h6-7,12H,3-5,8-11H2,1-2H3. The van der Waals surface area contributed by atoms with Gasteiger partial charge in [-0.15, -0.1) is 0 Å². The van der Waals surface area contributed by atoms with E-state index in [0.29, 0.717) is 44.8 Å². The summed E-state index contributed by atoms with van der Waals surface area (Å²) in [5.41, 5.74) is 0. The molecule has 0 spiro atoms. The molecule has 0 aromatic heterocycles. The fraction of sp³-hybridized carbons (Fsp3) is 0.562. The van der Waals surface area contributed by atoms with Crippen LogP contribution in [0.25, 0.3) is 0 Å². The van der Waals surface area contributed by atoms with Gasteiger partial charge in [0.15, 0.2) is 0 Å². The maximum atomic E-state index is 12.8.